The normalized spacial score (nSPS) is 12.7. The first-order valence-electron chi connectivity index (χ1n) is 11.0. The summed E-state index contributed by atoms with van der Waals surface area (Å²) in [5.41, 5.74) is 1.89. The minimum Gasteiger partial charge on any atom is -0.367 e. The number of anilines is 1. The van der Waals surface area contributed by atoms with Crippen LogP contribution in [0.1, 0.15) is 45.0 Å². The van der Waals surface area contributed by atoms with E-state index in [4.69, 9.17) is 21.6 Å². The lowest BCUT2D eigenvalue weighted by Gasteiger charge is -2.20. The van der Waals surface area contributed by atoms with Gasteiger partial charge in [0.15, 0.2) is 5.82 Å². The van der Waals surface area contributed by atoms with Crippen LogP contribution in [0, 0.1) is 0 Å². The van der Waals surface area contributed by atoms with Crippen LogP contribution in [-0.4, -0.2) is 40.5 Å². The summed E-state index contributed by atoms with van der Waals surface area (Å²) >= 11 is 13.3. The Kier molecular flexibility index (Phi) is 9.53. The van der Waals surface area contributed by atoms with Crippen molar-refractivity contribution in [2.45, 2.75) is 39.7 Å². The van der Waals surface area contributed by atoms with Gasteiger partial charge in [0.25, 0.3) is 0 Å². The lowest BCUT2D eigenvalue weighted by molar-refractivity contribution is 0.295. The van der Waals surface area contributed by atoms with Crippen LogP contribution in [0.3, 0.4) is 0 Å². The Morgan fingerprint density at radius 1 is 1.06 bits per heavy atom. The largest absolute Gasteiger partial charge is 0.367 e. The molecule has 1 aromatic heterocycles. The van der Waals surface area contributed by atoms with Crippen molar-refractivity contribution in [2.75, 3.05) is 25.0 Å². The van der Waals surface area contributed by atoms with E-state index in [9.17, 15) is 0 Å². The Morgan fingerprint density at radius 2 is 1.84 bits per heavy atom. The van der Waals surface area contributed by atoms with Gasteiger partial charge in [0.05, 0.1) is 5.52 Å². The molecule has 0 amide bonds. The number of rotatable bonds is 10. The van der Waals surface area contributed by atoms with Crippen LogP contribution >= 0.6 is 43.5 Å². The molecule has 0 bridgehead atoms. The third kappa shape index (κ3) is 7.01. The predicted molar refractivity (Wildman–Crippen MR) is 145 cm³/mol. The summed E-state index contributed by atoms with van der Waals surface area (Å²) in [4.78, 5) is 12.0. The molecule has 0 aliphatic rings. The van der Waals surface area contributed by atoms with Gasteiger partial charge in [0.1, 0.15) is 5.82 Å². The molecule has 32 heavy (non-hydrogen) atoms. The summed E-state index contributed by atoms with van der Waals surface area (Å²) in [5, 5.41) is 5.25. The number of nitrogens with zero attached hydrogens (tertiary/aromatic N) is 3. The quantitative estimate of drug-likeness (QED) is 0.265. The summed E-state index contributed by atoms with van der Waals surface area (Å²) < 4.78 is 2.03. The molecule has 3 rings (SSSR count). The molecule has 3 aromatic rings. The summed E-state index contributed by atoms with van der Waals surface area (Å²) in [7, 11) is 0. The smallest absolute Gasteiger partial charge is 0.154 e. The van der Waals surface area contributed by atoms with Crippen LogP contribution in [0.15, 0.2) is 45.3 Å². The van der Waals surface area contributed by atoms with E-state index in [1.165, 1.54) is 0 Å². The Bertz CT molecular complexity index is 1080. The van der Waals surface area contributed by atoms with E-state index in [1.807, 2.05) is 48.6 Å². The second-order valence-corrected chi connectivity index (χ2v) is 10.0. The van der Waals surface area contributed by atoms with Gasteiger partial charge in [-0.3, -0.25) is 0 Å². The van der Waals surface area contributed by atoms with Crippen molar-refractivity contribution >= 4 is 72.3 Å². The van der Waals surface area contributed by atoms with Gasteiger partial charge in [0.2, 0.25) is 0 Å². The molecule has 170 valence electrons. The van der Waals surface area contributed by atoms with E-state index < -0.39 is 0 Å². The third-order valence-corrected chi connectivity index (χ3v) is 6.85. The molecule has 0 aliphatic heterocycles. The molecule has 0 saturated heterocycles. The van der Waals surface area contributed by atoms with Crippen molar-refractivity contribution < 1.29 is 0 Å². The average Bonchev–Trinajstić information content (AvgIpc) is 2.76. The number of fused-ring (bicyclic) bond motifs is 1. The lowest BCUT2D eigenvalue weighted by atomic mass is 10.1. The lowest BCUT2D eigenvalue weighted by Crippen LogP contribution is -2.25. The van der Waals surface area contributed by atoms with Gasteiger partial charge in [0, 0.05) is 25.4 Å². The molecule has 0 radical (unpaired) electrons. The highest BCUT2D eigenvalue weighted by Gasteiger charge is 2.11. The first-order valence-corrected chi connectivity index (χ1v) is 12.9. The van der Waals surface area contributed by atoms with Gasteiger partial charge < -0.3 is 10.2 Å². The summed E-state index contributed by atoms with van der Waals surface area (Å²) in [6.07, 6.45) is 6.17. The fourth-order valence-electron chi connectivity index (χ4n) is 3.57. The maximum Gasteiger partial charge on any atom is 0.154 e. The number of nitrogens with one attached hydrogen (secondary N) is 1. The summed E-state index contributed by atoms with van der Waals surface area (Å²) in [5.74, 6) is 1.49. The molecular formula is C25H29Br2ClN4. The maximum atomic E-state index is 6.25. The van der Waals surface area contributed by atoms with Crippen LogP contribution < -0.4 is 5.32 Å². The van der Waals surface area contributed by atoms with Crippen molar-refractivity contribution in [3.63, 3.8) is 0 Å². The van der Waals surface area contributed by atoms with Crippen molar-refractivity contribution in [1.29, 1.82) is 0 Å². The minimum absolute atomic E-state index is 0.303. The van der Waals surface area contributed by atoms with Gasteiger partial charge >= 0.3 is 0 Å². The second-order valence-electron chi connectivity index (χ2n) is 7.81. The molecule has 2 aromatic carbocycles. The highest BCUT2D eigenvalue weighted by atomic mass is 79.9. The van der Waals surface area contributed by atoms with Gasteiger partial charge in [-0.05, 0) is 81.4 Å². The van der Waals surface area contributed by atoms with Gasteiger partial charge in [-0.1, -0.05) is 69.5 Å². The molecule has 0 saturated carbocycles. The fraction of sp³-hybridized carbons (Fsp3) is 0.360. The minimum atomic E-state index is 0.303. The topological polar surface area (TPSA) is 41.0 Å². The highest BCUT2D eigenvalue weighted by molar-refractivity contribution is 9.11. The number of halogens is 3. The zero-order valence-electron chi connectivity index (χ0n) is 18.7. The standard InChI is InChI=1S/C25H29Br2ClN4/c1-4-32(5-2)14-6-7-17(3)29-25-21-12-11-20(28)16-23(21)30-24(31-25)13-9-18-8-10-19(26)15-22(18)27/h8-13,15-17H,4-7,14H2,1-3H3,(H,29,30,31)/b13-9+. The van der Waals surface area contributed by atoms with E-state index in [0.29, 0.717) is 16.9 Å². The Labute approximate surface area is 212 Å². The molecule has 1 heterocycles. The zero-order chi connectivity index (χ0) is 23.1. The van der Waals surface area contributed by atoms with E-state index >= 15 is 0 Å². The van der Waals surface area contributed by atoms with Gasteiger partial charge in [-0.25, -0.2) is 9.97 Å². The van der Waals surface area contributed by atoms with Crippen LogP contribution in [0.5, 0.6) is 0 Å². The molecule has 1 unspecified atom stereocenters. The summed E-state index contributed by atoms with van der Waals surface area (Å²) in [6.45, 7) is 9.95. The van der Waals surface area contributed by atoms with Crippen molar-refractivity contribution in [3.05, 3.63) is 61.8 Å². The molecule has 1 atom stereocenters. The number of aromatic nitrogens is 2. The average molecular weight is 581 g/mol. The SMILES string of the molecule is CCN(CC)CCCC(C)Nc1nc(/C=C/c2ccc(Br)cc2Br)nc2cc(Cl)ccc12. The zero-order valence-corrected chi connectivity index (χ0v) is 22.6. The number of hydrogen-bond donors (Lipinski definition) is 1. The molecular weight excluding hydrogens is 552 g/mol. The van der Waals surface area contributed by atoms with Crippen molar-refractivity contribution in [1.82, 2.24) is 14.9 Å². The number of hydrogen-bond acceptors (Lipinski definition) is 4. The van der Waals surface area contributed by atoms with Crippen LogP contribution in [-0.2, 0) is 0 Å². The molecule has 1 N–H and O–H groups in total. The first kappa shape index (κ1) is 25.2. The molecule has 7 heteroatoms. The summed E-state index contributed by atoms with van der Waals surface area (Å²) in [6, 6.07) is 12.1. The molecule has 0 spiro atoms. The Morgan fingerprint density at radius 3 is 2.56 bits per heavy atom. The fourth-order valence-corrected chi connectivity index (χ4v) is 4.92. The van der Waals surface area contributed by atoms with Crippen LogP contribution in [0.2, 0.25) is 5.02 Å². The van der Waals surface area contributed by atoms with Crippen molar-refractivity contribution in [3.8, 4) is 0 Å². The Balaban J connectivity index is 1.82. The van der Waals surface area contributed by atoms with Crippen LogP contribution in [0.4, 0.5) is 5.82 Å². The first-order chi connectivity index (χ1) is 15.4. The maximum absolute atomic E-state index is 6.25. The third-order valence-electron chi connectivity index (χ3n) is 5.44. The highest BCUT2D eigenvalue weighted by Crippen LogP contribution is 2.27. The van der Waals surface area contributed by atoms with Crippen molar-refractivity contribution in [2.24, 2.45) is 0 Å². The van der Waals surface area contributed by atoms with E-state index in [0.717, 1.165) is 63.7 Å². The molecule has 4 nitrogen and oxygen atoms in total. The van der Waals surface area contributed by atoms with Crippen LogP contribution in [0.25, 0.3) is 23.1 Å². The molecule has 0 aliphatic carbocycles. The van der Waals surface area contributed by atoms with E-state index in [-0.39, 0.29) is 0 Å². The van der Waals surface area contributed by atoms with Gasteiger partial charge in [-0.15, -0.1) is 0 Å². The second kappa shape index (κ2) is 12.1. The predicted octanol–water partition coefficient (Wildman–Crippen LogP) is 7.90. The van der Waals surface area contributed by atoms with Gasteiger partial charge in [-0.2, -0.15) is 0 Å². The van der Waals surface area contributed by atoms with E-state index in [1.54, 1.807) is 0 Å². The molecule has 0 fully saturated rings. The van der Waals surface area contributed by atoms with E-state index in [2.05, 4.69) is 62.8 Å². The Hall–Kier alpha value is -1.47. The number of benzene rings is 2. The monoisotopic (exact) mass is 578 g/mol.